The first-order chi connectivity index (χ1) is 4.74. The molecule has 4 N–H and O–H groups in total. The first-order valence-corrected chi connectivity index (χ1v) is 2.87. The average molecular weight is 143 g/mol. The number of rotatable bonds is 1. The largest absolute Gasteiger partial charge is 0.320 e. The van der Waals surface area contributed by atoms with Gasteiger partial charge in [-0.15, -0.1) is 0 Å². The Morgan fingerprint density at radius 2 is 2.50 bits per heavy atom. The minimum absolute atomic E-state index is 0.322. The predicted molar refractivity (Wildman–Crippen MR) is 34.1 cm³/mol. The molecule has 0 aromatic carbocycles. The van der Waals surface area contributed by atoms with Gasteiger partial charge in [-0.05, 0) is 12.5 Å². The molecule has 0 fully saturated rings. The van der Waals surface area contributed by atoms with Crippen LogP contribution in [0.2, 0.25) is 0 Å². The highest BCUT2D eigenvalue weighted by atomic mass is 16.5. The van der Waals surface area contributed by atoms with Crippen molar-refractivity contribution in [1.29, 1.82) is 0 Å². The fourth-order valence-corrected chi connectivity index (χ4v) is 0.683. The first-order valence-electron chi connectivity index (χ1n) is 2.87. The number of amides is 2. The van der Waals surface area contributed by atoms with Crippen molar-refractivity contribution < 1.29 is 10.0 Å². The zero-order chi connectivity index (χ0) is 7.56. The third-order valence-corrected chi connectivity index (χ3v) is 1.29. The van der Waals surface area contributed by atoms with Gasteiger partial charge in [-0.25, -0.2) is 4.79 Å². The van der Waals surface area contributed by atoms with Gasteiger partial charge in [-0.1, -0.05) is 0 Å². The van der Waals surface area contributed by atoms with Crippen LogP contribution in [0.4, 0.5) is 4.79 Å². The maximum atomic E-state index is 10.6. The van der Waals surface area contributed by atoms with Gasteiger partial charge in [-0.3, -0.25) is 0 Å². The number of hydroxylamine groups is 1. The fraction of sp³-hybridized carbons (Fsp3) is 0.400. The van der Waals surface area contributed by atoms with Crippen molar-refractivity contribution in [3.8, 4) is 0 Å². The van der Waals surface area contributed by atoms with Crippen LogP contribution in [-0.4, -0.2) is 17.4 Å². The SMILES string of the molecule is CC1=CNC(=O)NC1NO. The normalized spacial score (nSPS) is 24.8. The van der Waals surface area contributed by atoms with Gasteiger partial charge in [0.15, 0.2) is 0 Å². The van der Waals surface area contributed by atoms with Crippen LogP contribution in [0.3, 0.4) is 0 Å². The van der Waals surface area contributed by atoms with Crippen LogP contribution in [0.5, 0.6) is 0 Å². The molecule has 1 rings (SSSR count). The topological polar surface area (TPSA) is 73.4 Å². The Balaban J connectivity index is 2.65. The van der Waals surface area contributed by atoms with Crippen molar-refractivity contribution in [2.24, 2.45) is 0 Å². The molecule has 1 atom stereocenters. The smallest absolute Gasteiger partial charge is 0.317 e. The number of nitrogens with one attached hydrogen (secondary N) is 3. The van der Waals surface area contributed by atoms with Crippen molar-refractivity contribution in [1.82, 2.24) is 16.1 Å². The van der Waals surface area contributed by atoms with E-state index < -0.39 is 6.17 Å². The van der Waals surface area contributed by atoms with Gasteiger partial charge in [0.2, 0.25) is 0 Å². The monoisotopic (exact) mass is 143 g/mol. The molecule has 2 amide bonds. The zero-order valence-corrected chi connectivity index (χ0v) is 5.51. The van der Waals surface area contributed by atoms with E-state index in [0.29, 0.717) is 0 Å². The van der Waals surface area contributed by atoms with E-state index in [1.165, 1.54) is 6.20 Å². The van der Waals surface area contributed by atoms with Crippen molar-refractivity contribution >= 4 is 6.03 Å². The lowest BCUT2D eigenvalue weighted by atomic mass is 10.2. The molecule has 0 saturated heterocycles. The van der Waals surface area contributed by atoms with Crippen molar-refractivity contribution in [2.75, 3.05) is 0 Å². The number of hydrogen-bond acceptors (Lipinski definition) is 3. The molecule has 0 spiro atoms. The molecule has 56 valence electrons. The molecule has 5 nitrogen and oxygen atoms in total. The van der Waals surface area contributed by atoms with E-state index in [1.54, 1.807) is 6.92 Å². The molecule has 0 aromatic heterocycles. The Morgan fingerprint density at radius 1 is 1.80 bits per heavy atom. The Bertz CT molecular complexity index is 178. The second kappa shape index (κ2) is 2.68. The zero-order valence-electron chi connectivity index (χ0n) is 5.51. The summed E-state index contributed by atoms with van der Waals surface area (Å²) in [4.78, 5) is 10.6. The highest BCUT2D eigenvalue weighted by molar-refractivity contribution is 5.77. The summed E-state index contributed by atoms with van der Waals surface area (Å²) in [7, 11) is 0. The average Bonchev–Trinajstić information content (AvgIpc) is 1.94. The minimum Gasteiger partial charge on any atom is -0.317 e. The number of carbonyl (C=O) groups excluding carboxylic acids is 1. The first kappa shape index (κ1) is 7.04. The third-order valence-electron chi connectivity index (χ3n) is 1.29. The molecule has 10 heavy (non-hydrogen) atoms. The van der Waals surface area contributed by atoms with Gasteiger partial charge in [0.25, 0.3) is 0 Å². The Labute approximate surface area is 58.1 Å². The van der Waals surface area contributed by atoms with E-state index in [1.807, 2.05) is 5.48 Å². The maximum Gasteiger partial charge on any atom is 0.320 e. The van der Waals surface area contributed by atoms with Crippen LogP contribution in [0.15, 0.2) is 11.8 Å². The van der Waals surface area contributed by atoms with E-state index in [9.17, 15) is 4.79 Å². The molecule has 1 aliphatic heterocycles. The van der Waals surface area contributed by atoms with Crippen LogP contribution in [0, 0.1) is 0 Å². The van der Waals surface area contributed by atoms with Gasteiger partial charge in [0.05, 0.1) is 0 Å². The molecule has 0 saturated carbocycles. The second-order valence-electron chi connectivity index (χ2n) is 2.07. The van der Waals surface area contributed by atoms with E-state index in [4.69, 9.17) is 5.21 Å². The van der Waals surface area contributed by atoms with Gasteiger partial charge < -0.3 is 15.8 Å². The Kier molecular flexibility index (Phi) is 1.88. The lowest BCUT2D eigenvalue weighted by molar-refractivity contribution is 0.125. The summed E-state index contributed by atoms with van der Waals surface area (Å²) in [5, 5.41) is 13.3. The summed E-state index contributed by atoms with van der Waals surface area (Å²) in [6.07, 6.45) is 1.07. The second-order valence-corrected chi connectivity index (χ2v) is 2.07. The molecular weight excluding hydrogens is 134 g/mol. The summed E-state index contributed by atoms with van der Waals surface area (Å²) in [5.74, 6) is 0. The number of hydrogen-bond donors (Lipinski definition) is 4. The number of urea groups is 1. The van der Waals surface area contributed by atoms with Gasteiger partial charge >= 0.3 is 6.03 Å². The van der Waals surface area contributed by atoms with Gasteiger partial charge in [-0.2, -0.15) is 5.48 Å². The highest BCUT2D eigenvalue weighted by Crippen LogP contribution is 1.99. The van der Waals surface area contributed by atoms with Crippen molar-refractivity contribution in [2.45, 2.75) is 13.1 Å². The van der Waals surface area contributed by atoms with Gasteiger partial charge in [0.1, 0.15) is 6.17 Å². The highest BCUT2D eigenvalue weighted by Gasteiger charge is 2.15. The van der Waals surface area contributed by atoms with E-state index in [2.05, 4.69) is 10.6 Å². The summed E-state index contributed by atoms with van der Waals surface area (Å²) >= 11 is 0. The summed E-state index contributed by atoms with van der Waals surface area (Å²) < 4.78 is 0. The third kappa shape index (κ3) is 1.26. The molecule has 0 aliphatic carbocycles. The van der Waals surface area contributed by atoms with Crippen LogP contribution in [0.1, 0.15) is 6.92 Å². The van der Waals surface area contributed by atoms with E-state index in [-0.39, 0.29) is 6.03 Å². The lowest BCUT2D eigenvalue weighted by Gasteiger charge is -2.21. The summed E-state index contributed by atoms with van der Waals surface area (Å²) in [6.45, 7) is 1.78. The number of carbonyl (C=O) groups is 1. The molecule has 0 bridgehead atoms. The molecule has 1 aliphatic rings. The minimum atomic E-state index is -0.464. The van der Waals surface area contributed by atoms with Crippen molar-refractivity contribution in [3.05, 3.63) is 11.8 Å². The lowest BCUT2D eigenvalue weighted by Crippen LogP contribution is -2.51. The molecule has 0 radical (unpaired) electrons. The standard InChI is InChI=1S/C5H9N3O2/c1-3-2-6-5(9)7-4(3)8-10/h2,4,8,10H,1H3,(H2,6,7,9). The summed E-state index contributed by atoms with van der Waals surface area (Å²) in [6, 6.07) is -0.322. The molecule has 0 aromatic rings. The quantitative estimate of drug-likeness (QED) is 0.374. The van der Waals surface area contributed by atoms with Gasteiger partial charge in [0, 0.05) is 6.20 Å². The van der Waals surface area contributed by atoms with Crippen molar-refractivity contribution in [3.63, 3.8) is 0 Å². The van der Waals surface area contributed by atoms with Crippen LogP contribution in [0.25, 0.3) is 0 Å². The summed E-state index contributed by atoms with van der Waals surface area (Å²) in [5.41, 5.74) is 2.77. The van der Waals surface area contributed by atoms with Crippen LogP contribution >= 0.6 is 0 Å². The molecule has 5 heteroatoms. The van der Waals surface area contributed by atoms with E-state index >= 15 is 0 Å². The molecular formula is C5H9N3O2. The van der Waals surface area contributed by atoms with Crippen LogP contribution in [-0.2, 0) is 0 Å². The maximum absolute atomic E-state index is 10.6. The Hall–Kier alpha value is -1.07. The van der Waals surface area contributed by atoms with E-state index in [0.717, 1.165) is 5.57 Å². The molecule has 1 heterocycles. The van der Waals surface area contributed by atoms with Crippen LogP contribution < -0.4 is 16.1 Å². The molecule has 1 unspecified atom stereocenters. The Morgan fingerprint density at radius 3 is 3.00 bits per heavy atom. The predicted octanol–water partition coefficient (Wildman–Crippen LogP) is -0.492. The fourth-order valence-electron chi connectivity index (χ4n) is 0.683.